The molecule has 1 fully saturated rings. The zero-order valence-corrected chi connectivity index (χ0v) is 17.4. The molecule has 6 nitrogen and oxygen atoms in total. The first-order chi connectivity index (χ1) is 14.5. The summed E-state index contributed by atoms with van der Waals surface area (Å²) in [5.74, 6) is 0.376. The van der Waals surface area contributed by atoms with E-state index < -0.39 is 0 Å². The summed E-state index contributed by atoms with van der Waals surface area (Å²) in [5.41, 5.74) is 3.68. The van der Waals surface area contributed by atoms with Gasteiger partial charge in [0.1, 0.15) is 0 Å². The van der Waals surface area contributed by atoms with Crippen LogP contribution in [0.25, 0.3) is 11.3 Å². The Hall–Kier alpha value is -3.12. The summed E-state index contributed by atoms with van der Waals surface area (Å²) < 4.78 is 0. The van der Waals surface area contributed by atoms with Crippen LogP contribution in [0.2, 0.25) is 5.02 Å². The van der Waals surface area contributed by atoms with Gasteiger partial charge < -0.3 is 15.2 Å². The number of carbonyl (C=O) groups excluding carboxylic acids is 2. The molecule has 0 saturated heterocycles. The Kier molecular flexibility index (Phi) is 5.86. The van der Waals surface area contributed by atoms with Crippen LogP contribution in [-0.4, -0.2) is 28.3 Å². The lowest BCUT2D eigenvalue weighted by Crippen LogP contribution is -2.30. The van der Waals surface area contributed by atoms with Gasteiger partial charge in [-0.2, -0.15) is 0 Å². The third-order valence-corrected chi connectivity index (χ3v) is 5.48. The largest absolute Gasteiger partial charge is 0.364 e. The highest BCUT2D eigenvalue weighted by molar-refractivity contribution is 6.34. The van der Waals surface area contributed by atoms with Gasteiger partial charge in [-0.15, -0.1) is 0 Å². The second-order valence-electron chi connectivity index (χ2n) is 7.55. The van der Waals surface area contributed by atoms with Gasteiger partial charge in [-0.3, -0.25) is 14.6 Å². The lowest BCUT2D eigenvalue weighted by atomic mass is 10.1. The van der Waals surface area contributed by atoms with Gasteiger partial charge in [0.2, 0.25) is 5.91 Å². The number of halogens is 1. The van der Waals surface area contributed by atoms with Gasteiger partial charge in [0, 0.05) is 37.1 Å². The highest BCUT2D eigenvalue weighted by Gasteiger charge is 2.27. The minimum atomic E-state index is -0.186. The lowest BCUT2D eigenvalue weighted by molar-refractivity contribution is -0.116. The third kappa shape index (κ3) is 4.71. The second-order valence-corrected chi connectivity index (χ2v) is 7.96. The Labute approximate surface area is 180 Å². The molecule has 0 radical (unpaired) electrons. The van der Waals surface area contributed by atoms with Crippen molar-refractivity contribution in [2.75, 3.05) is 11.4 Å². The predicted octanol–water partition coefficient (Wildman–Crippen LogP) is 4.42. The van der Waals surface area contributed by atoms with Crippen LogP contribution < -0.4 is 10.2 Å². The fourth-order valence-corrected chi connectivity index (χ4v) is 3.58. The first-order valence-electron chi connectivity index (χ1n) is 9.96. The maximum Gasteiger partial charge on any atom is 0.253 e. The Morgan fingerprint density at radius 3 is 2.67 bits per heavy atom. The van der Waals surface area contributed by atoms with Crippen molar-refractivity contribution in [2.24, 2.45) is 5.92 Å². The van der Waals surface area contributed by atoms with E-state index in [1.54, 1.807) is 30.2 Å². The molecule has 30 heavy (non-hydrogen) atoms. The molecule has 154 valence electrons. The molecule has 0 bridgehead atoms. The van der Waals surface area contributed by atoms with Crippen molar-refractivity contribution in [1.29, 1.82) is 0 Å². The molecule has 7 heteroatoms. The van der Waals surface area contributed by atoms with Crippen LogP contribution >= 0.6 is 11.6 Å². The van der Waals surface area contributed by atoms with E-state index >= 15 is 0 Å². The summed E-state index contributed by atoms with van der Waals surface area (Å²) in [5, 5.41) is 3.36. The summed E-state index contributed by atoms with van der Waals surface area (Å²) in [4.78, 5) is 33.6. The molecule has 2 amide bonds. The number of hydrogen-bond donors (Lipinski definition) is 2. The summed E-state index contributed by atoms with van der Waals surface area (Å²) >= 11 is 6.51. The molecular weight excluding hydrogens is 400 g/mol. The van der Waals surface area contributed by atoms with Crippen LogP contribution in [0.4, 0.5) is 5.69 Å². The molecule has 3 aromatic rings. The van der Waals surface area contributed by atoms with Gasteiger partial charge in [-0.1, -0.05) is 17.7 Å². The van der Waals surface area contributed by atoms with Gasteiger partial charge in [0.25, 0.3) is 5.91 Å². The monoisotopic (exact) mass is 422 g/mol. The number of nitrogens with one attached hydrogen (secondary N) is 2. The molecule has 0 spiro atoms. The predicted molar refractivity (Wildman–Crippen MR) is 117 cm³/mol. The molecule has 0 atom stereocenters. The minimum absolute atomic E-state index is 0.00983. The quantitative estimate of drug-likeness (QED) is 0.591. The second kappa shape index (κ2) is 8.71. The number of aromatic nitrogens is 2. The molecule has 1 saturated carbocycles. The van der Waals surface area contributed by atoms with Crippen LogP contribution in [0.1, 0.15) is 35.8 Å². The van der Waals surface area contributed by atoms with Crippen LogP contribution in [0.3, 0.4) is 0 Å². The number of H-pyrrole nitrogens is 1. The number of anilines is 1. The minimum Gasteiger partial charge on any atom is -0.364 e. The van der Waals surface area contributed by atoms with Gasteiger partial charge >= 0.3 is 0 Å². The molecule has 1 aromatic carbocycles. The standard InChI is InChI=1S/C23H23ClN4O2/c1-15(29)28(14-16-4-5-16)22-9-7-17(11-20(22)24)21-8-6-18(12-26-21)23(30)27-13-19-3-2-10-25-19/h2-3,6-12,16,25H,4-5,13-14H2,1H3,(H,27,30). The highest BCUT2D eigenvalue weighted by Crippen LogP contribution is 2.35. The number of pyridine rings is 1. The summed E-state index contributed by atoms with van der Waals surface area (Å²) in [6, 6.07) is 12.9. The Balaban J connectivity index is 1.46. The van der Waals surface area contributed by atoms with E-state index in [0.29, 0.717) is 35.3 Å². The van der Waals surface area contributed by atoms with Crippen molar-refractivity contribution in [3.63, 3.8) is 0 Å². The zero-order valence-electron chi connectivity index (χ0n) is 16.7. The number of amides is 2. The smallest absolute Gasteiger partial charge is 0.253 e. The number of benzene rings is 1. The summed E-state index contributed by atoms with van der Waals surface area (Å²) in [6.45, 7) is 2.70. The zero-order chi connectivity index (χ0) is 21.1. The maximum absolute atomic E-state index is 12.3. The van der Waals surface area contributed by atoms with E-state index in [-0.39, 0.29) is 11.8 Å². The van der Waals surface area contributed by atoms with E-state index in [4.69, 9.17) is 11.6 Å². The van der Waals surface area contributed by atoms with E-state index in [2.05, 4.69) is 15.3 Å². The van der Waals surface area contributed by atoms with Crippen molar-refractivity contribution in [3.05, 3.63) is 71.1 Å². The average Bonchev–Trinajstić information content (AvgIpc) is 3.42. The van der Waals surface area contributed by atoms with Crippen molar-refractivity contribution in [1.82, 2.24) is 15.3 Å². The number of carbonyl (C=O) groups is 2. The Morgan fingerprint density at radius 1 is 1.23 bits per heavy atom. The van der Waals surface area contributed by atoms with Gasteiger partial charge in [-0.05, 0) is 55.2 Å². The molecule has 1 aliphatic carbocycles. The maximum atomic E-state index is 12.3. The highest BCUT2D eigenvalue weighted by atomic mass is 35.5. The fourth-order valence-electron chi connectivity index (χ4n) is 3.29. The van der Waals surface area contributed by atoms with Gasteiger partial charge in [-0.25, -0.2) is 0 Å². The number of nitrogens with zero attached hydrogens (tertiary/aromatic N) is 2. The van der Waals surface area contributed by atoms with Crippen molar-refractivity contribution < 1.29 is 9.59 Å². The number of aromatic amines is 1. The van der Waals surface area contributed by atoms with Crippen LogP contribution in [0.5, 0.6) is 0 Å². The number of hydrogen-bond acceptors (Lipinski definition) is 3. The Morgan fingerprint density at radius 2 is 2.07 bits per heavy atom. The molecular formula is C23H23ClN4O2. The van der Waals surface area contributed by atoms with Gasteiger partial charge in [0.05, 0.1) is 28.5 Å². The third-order valence-electron chi connectivity index (χ3n) is 5.18. The van der Waals surface area contributed by atoms with Crippen molar-refractivity contribution in [3.8, 4) is 11.3 Å². The topological polar surface area (TPSA) is 78.1 Å². The molecule has 1 aliphatic rings. The molecule has 0 unspecified atom stereocenters. The van der Waals surface area contributed by atoms with Crippen molar-refractivity contribution in [2.45, 2.75) is 26.3 Å². The van der Waals surface area contributed by atoms with E-state index in [1.807, 2.05) is 36.5 Å². The lowest BCUT2D eigenvalue weighted by Gasteiger charge is -2.22. The normalized spacial score (nSPS) is 13.1. The average molecular weight is 423 g/mol. The van der Waals surface area contributed by atoms with Crippen LogP contribution in [0, 0.1) is 5.92 Å². The first-order valence-corrected chi connectivity index (χ1v) is 10.3. The SMILES string of the molecule is CC(=O)N(CC1CC1)c1ccc(-c2ccc(C(=O)NCc3ccc[nH]3)cn2)cc1Cl. The van der Waals surface area contributed by atoms with Gasteiger partial charge in [0.15, 0.2) is 0 Å². The number of rotatable bonds is 7. The summed E-state index contributed by atoms with van der Waals surface area (Å²) in [7, 11) is 0. The Bertz CT molecular complexity index is 1040. The molecule has 2 aromatic heterocycles. The van der Waals surface area contributed by atoms with E-state index in [9.17, 15) is 9.59 Å². The fraction of sp³-hybridized carbons (Fsp3) is 0.261. The molecule has 0 aliphatic heterocycles. The van der Waals surface area contributed by atoms with Crippen LogP contribution in [0.15, 0.2) is 54.9 Å². The van der Waals surface area contributed by atoms with E-state index in [0.717, 1.165) is 29.8 Å². The van der Waals surface area contributed by atoms with E-state index in [1.165, 1.54) is 0 Å². The first kappa shape index (κ1) is 20.2. The summed E-state index contributed by atoms with van der Waals surface area (Å²) in [6.07, 6.45) is 5.69. The molecule has 4 rings (SSSR count). The molecule has 2 heterocycles. The van der Waals surface area contributed by atoms with Crippen molar-refractivity contribution >= 4 is 29.1 Å². The molecule has 2 N–H and O–H groups in total. The van der Waals surface area contributed by atoms with Crippen LogP contribution in [-0.2, 0) is 11.3 Å².